The third-order valence-corrected chi connectivity index (χ3v) is 4.91. The van der Waals surface area contributed by atoms with Crippen molar-refractivity contribution in [1.82, 2.24) is 4.98 Å². The fourth-order valence-electron chi connectivity index (χ4n) is 2.48. The van der Waals surface area contributed by atoms with E-state index >= 15 is 0 Å². The second-order valence-electron chi connectivity index (χ2n) is 4.84. The van der Waals surface area contributed by atoms with Crippen LogP contribution in [0.1, 0.15) is 5.56 Å². The number of benzene rings is 2. The van der Waals surface area contributed by atoms with Crippen molar-refractivity contribution in [1.29, 1.82) is 0 Å². The predicted octanol–water partition coefficient (Wildman–Crippen LogP) is 5.37. The molecular weight excluding hydrogens is 436 g/mol. The number of hydrogen-bond donors (Lipinski definition) is 2. The Morgan fingerprint density at radius 3 is 2.73 bits per heavy atom. The van der Waals surface area contributed by atoms with Crippen molar-refractivity contribution < 1.29 is 9.90 Å². The summed E-state index contributed by atoms with van der Waals surface area (Å²) < 4.78 is 1.04. The summed E-state index contributed by atoms with van der Waals surface area (Å²) in [5.41, 5.74) is 3.00. The fourth-order valence-corrected chi connectivity index (χ4v) is 3.37. The van der Waals surface area contributed by atoms with Crippen LogP contribution in [0.2, 0.25) is 10.0 Å². The molecule has 0 aliphatic rings. The summed E-state index contributed by atoms with van der Waals surface area (Å²) in [4.78, 5) is 14.5. The van der Waals surface area contributed by atoms with Crippen molar-refractivity contribution in [2.75, 3.05) is 0 Å². The molecule has 3 nitrogen and oxygen atoms in total. The summed E-state index contributed by atoms with van der Waals surface area (Å²) in [6.45, 7) is 0. The number of carboxylic acid groups (broad SMARTS) is 1. The molecule has 0 amide bonds. The lowest BCUT2D eigenvalue weighted by Crippen LogP contribution is -2.01. The van der Waals surface area contributed by atoms with Crippen molar-refractivity contribution in [3.05, 3.63) is 55.6 Å². The maximum Gasteiger partial charge on any atom is 0.307 e. The number of hydrogen-bond acceptors (Lipinski definition) is 1. The normalized spacial score (nSPS) is 11.0. The van der Waals surface area contributed by atoms with Crippen LogP contribution in [0.15, 0.2) is 36.4 Å². The van der Waals surface area contributed by atoms with Gasteiger partial charge in [0, 0.05) is 20.0 Å². The molecule has 0 aliphatic carbocycles. The van der Waals surface area contributed by atoms with Gasteiger partial charge in [-0.3, -0.25) is 4.79 Å². The first-order valence-electron chi connectivity index (χ1n) is 6.43. The molecule has 0 atom stereocenters. The number of aromatic nitrogens is 1. The molecular formula is C16H10Cl2INO2. The molecule has 0 saturated heterocycles. The molecule has 3 aromatic rings. The lowest BCUT2D eigenvalue weighted by molar-refractivity contribution is -0.136. The molecule has 0 bridgehead atoms. The van der Waals surface area contributed by atoms with Crippen LogP contribution in [0.5, 0.6) is 0 Å². The third kappa shape index (κ3) is 2.83. The van der Waals surface area contributed by atoms with E-state index in [2.05, 4.69) is 27.6 Å². The van der Waals surface area contributed by atoms with Gasteiger partial charge in [0.2, 0.25) is 0 Å². The van der Waals surface area contributed by atoms with Crippen LogP contribution >= 0.6 is 45.8 Å². The van der Waals surface area contributed by atoms with E-state index in [1.165, 1.54) is 0 Å². The molecule has 3 rings (SSSR count). The molecule has 0 spiro atoms. The smallest absolute Gasteiger partial charge is 0.307 e. The number of aliphatic carboxylic acids is 1. The number of fused-ring (bicyclic) bond motifs is 1. The van der Waals surface area contributed by atoms with Gasteiger partial charge in [-0.1, -0.05) is 35.3 Å². The van der Waals surface area contributed by atoms with Crippen LogP contribution in [0.3, 0.4) is 0 Å². The van der Waals surface area contributed by atoms with Crippen LogP contribution < -0.4 is 0 Å². The van der Waals surface area contributed by atoms with E-state index in [1.54, 1.807) is 12.1 Å². The summed E-state index contributed by atoms with van der Waals surface area (Å²) >= 11 is 14.6. The van der Waals surface area contributed by atoms with E-state index in [1.807, 2.05) is 24.3 Å². The quantitative estimate of drug-likeness (QED) is 0.532. The van der Waals surface area contributed by atoms with E-state index < -0.39 is 5.97 Å². The number of halogens is 3. The van der Waals surface area contributed by atoms with E-state index in [0.29, 0.717) is 26.9 Å². The zero-order valence-electron chi connectivity index (χ0n) is 11.2. The molecule has 1 aromatic heterocycles. The minimum atomic E-state index is -0.890. The van der Waals surface area contributed by atoms with Gasteiger partial charge in [0.15, 0.2) is 0 Å². The van der Waals surface area contributed by atoms with Gasteiger partial charge in [-0.2, -0.15) is 0 Å². The Balaban J connectivity index is 2.32. The van der Waals surface area contributed by atoms with Gasteiger partial charge in [-0.05, 0) is 52.4 Å². The van der Waals surface area contributed by atoms with Gasteiger partial charge in [0.1, 0.15) is 0 Å². The number of nitrogens with one attached hydrogen (secondary N) is 1. The second kappa shape index (κ2) is 6.10. The summed E-state index contributed by atoms with van der Waals surface area (Å²) in [7, 11) is 0. The average Bonchev–Trinajstić information content (AvgIpc) is 2.79. The maximum atomic E-state index is 11.3. The lowest BCUT2D eigenvalue weighted by atomic mass is 10.0. The Morgan fingerprint density at radius 2 is 2.00 bits per heavy atom. The summed E-state index contributed by atoms with van der Waals surface area (Å²) in [6, 6.07) is 11.2. The molecule has 6 heteroatoms. The average molecular weight is 446 g/mol. The number of carbonyl (C=O) groups is 1. The molecule has 1 heterocycles. The zero-order chi connectivity index (χ0) is 15.9. The highest BCUT2D eigenvalue weighted by Gasteiger charge is 2.18. The Labute approximate surface area is 150 Å². The van der Waals surface area contributed by atoms with Crippen molar-refractivity contribution in [3.63, 3.8) is 0 Å². The zero-order valence-corrected chi connectivity index (χ0v) is 14.8. The number of aromatic amines is 1. The van der Waals surface area contributed by atoms with Crippen molar-refractivity contribution >= 4 is 62.7 Å². The molecule has 0 fully saturated rings. The van der Waals surface area contributed by atoms with Crippen molar-refractivity contribution in [2.24, 2.45) is 0 Å². The fraction of sp³-hybridized carbons (Fsp3) is 0.0625. The van der Waals surface area contributed by atoms with E-state index in [4.69, 9.17) is 23.2 Å². The first kappa shape index (κ1) is 15.6. The summed E-state index contributed by atoms with van der Waals surface area (Å²) in [6.07, 6.45) is -0.0851. The monoisotopic (exact) mass is 445 g/mol. The van der Waals surface area contributed by atoms with Gasteiger partial charge in [-0.15, -0.1) is 0 Å². The van der Waals surface area contributed by atoms with E-state index in [9.17, 15) is 9.90 Å². The minimum absolute atomic E-state index is 0.0851. The largest absolute Gasteiger partial charge is 0.481 e. The molecule has 2 aromatic carbocycles. The molecule has 112 valence electrons. The van der Waals surface area contributed by atoms with Gasteiger partial charge >= 0.3 is 5.97 Å². The Hall–Kier alpha value is -1.24. The van der Waals surface area contributed by atoms with E-state index in [-0.39, 0.29) is 6.42 Å². The number of carboxylic acids is 1. The van der Waals surface area contributed by atoms with Crippen LogP contribution in [0.25, 0.3) is 22.2 Å². The third-order valence-electron chi connectivity index (χ3n) is 3.42. The van der Waals surface area contributed by atoms with Crippen LogP contribution in [-0.2, 0) is 11.2 Å². The van der Waals surface area contributed by atoms with Crippen molar-refractivity contribution in [3.8, 4) is 11.3 Å². The first-order chi connectivity index (χ1) is 10.5. The highest BCUT2D eigenvalue weighted by atomic mass is 127. The molecule has 0 aliphatic heterocycles. The van der Waals surface area contributed by atoms with Crippen LogP contribution in [0, 0.1) is 3.57 Å². The van der Waals surface area contributed by atoms with Gasteiger partial charge in [-0.25, -0.2) is 0 Å². The SMILES string of the molecule is O=C(O)Cc1c(-c2cccc(Cl)c2Cl)[nH]c2ccc(I)cc12. The van der Waals surface area contributed by atoms with Crippen molar-refractivity contribution in [2.45, 2.75) is 6.42 Å². The predicted molar refractivity (Wildman–Crippen MR) is 97.8 cm³/mol. The first-order valence-corrected chi connectivity index (χ1v) is 8.27. The standard InChI is InChI=1S/C16H10Cl2INO2/c17-12-3-1-2-9(15(12)18)16-11(7-14(21)22)10-6-8(19)4-5-13(10)20-16/h1-6,20H,7H2,(H,21,22). The lowest BCUT2D eigenvalue weighted by Gasteiger charge is -2.06. The highest BCUT2D eigenvalue weighted by Crippen LogP contribution is 2.38. The van der Waals surface area contributed by atoms with Crippen LogP contribution in [-0.4, -0.2) is 16.1 Å². The molecule has 0 unspecified atom stereocenters. The molecule has 0 saturated carbocycles. The summed E-state index contributed by atoms with van der Waals surface area (Å²) in [5.74, 6) is -0.890. The van der Waals surface area contributed by atoms with Gasteiger partial charge in [0.05, 0.1) is 22.2 Å². The Morgan fingerprint density at radius 1 is 1.23 bits per heavy atom. The highest BCUT2D eigenvalue weighted by molar-refractivity contribution is 14.1. The van der Waals surface area contributed by atoms with Gasteiger partial charge in [0.25, 0.3) is 0 Å². The van der Waals surface area contributed by atoms with E-state index in [0.717, 1.165) is 14.5 Å². The van der Waals surface area contributed by atoms with Gasteiger partial charge < -0.3 is 10.1 Å². The molecule has 0 radical (unpaired) electrons. The number of H-pyrrole nitrogens is 1. The number of rotatable bonds is 3. The maximum absolute atomic E-state index is 11.3. The Bertz CT molecular complexity index is 889. The minimum Gasteiger partial charge on any atom is -0.481 e. The second-order valence-corrected chi connectivity index (χ2v) is 6.87. The molecule has 2 N–H and O–H groups in total. The van der Waals surface area contributed by atoms with Crippen LogP contribution in [0.4, 0.5) is 0 Å². The Kier molecular flexibility index (Phi) is 4.34. The molecule has 22 heavy (non-hydrogen) atoms. The topological polar surface area (TPSA) is 53.1 Å². The summed E-state index contributed by atoms with van der Waals surface area (Å²) in [5, 5.41) is 11.0.